The lowest BCUT2D eigenvalue weighted by Gasteiger charge is -2.38. The summed E-state index contributed by atoms with van der Waals surface area (Å²) in [5.74, 6) is -1.71. The molecular weight excluding hydrogens is 288 g/mol. The maximum atomic E-state index is 12.1. The Bertz CT molecular complexity index is 471. The van der Waals surface area contributed by atoms with Crippen molar-refractivity contribution in [3.63, 3.8) is 0 Å². The van der Waals surface area contributed by atoms with Crippen LogP contribution in [0.25, 0.3) is 0 Å². The summed E-state index contributed by atoms with van der Waals surface area (Å²) in [6.45, 7) is 6.69. The van der Waals surface area contributed by atoms with Crippen LogP contribution in [0.1, 0.15) is 40.0 Å². The molecule has 0 aliphatic carbocycles. The maximum absolute atomic E-state index is 12.1. The highest BCUT2D eigenvalue weighted by Gasteiger charge is 2.40. The quantitative estimate of drug-likeness (QED) is 0.831. The number of piperidine rings is 1. The van der Waals surface area contributed by atoms with Gasteiger partial charge in [0.15, 0.2) is 0 Å². The Morgan fingerprint density at radius 2 is 1.95 bits per heavy atom. The van der Waals surface area contributed by atoms with Gasteiger partial charge in [0.05, 0.1) is 5.92 Å². The summed E-state index contributed by atoms with van der Waals surface area (Å²) in [6, 6.07) is -0.113. The Kier molecular flexibility index (Phi) is 4.63. The molecule has 0 spiro atoms. The van der Waals surface area contributed by atoms with Crippen LogP contribution in [0.5, 0.6) is 0 Å². The molecule has 0 radical (unpaired) electrons. The van der Waals surface area contributed by atoms with Crippen LogP contribution in [-0.2, 0) is 14.3 Å². The lowest BCUT2D eigenvalue weighted by atomic mass is 10.0. The van der Waals surface area contributed by atoms with E-state index in [9.17, 15) is 14.4 Å². The lowest BCUT2D eigenvalue weighted by Crippen LogP contribution is -2.51. The van der Waals surface area contributed by atoms with Crippen LogP contribution in [0.3, 0.4) is 0 Å². The van der Waals surface area contributed by atoms with E-state index < -0.39 is 17.5 Å². The molecule has 2 unspecified atom stereocenters. The fourth-order valence-electron chi connectivity index (χ4n) is 2.95. The number of carboxylic acids is 1. The van der Waals surface area contributed by atoms with E-state index in [-0.39, 0.29) is 31.0 Å². The van der Waals surface area contributed by atoms with E-state index in [0.717, 1.165) is 12.8 Å². The molecule has 2 atom stereocenters. The van der Waals surface area contributed by atoms with Gasteiger partial charge in [-0.25, -0.2) is 4.79 Å². The van der Waals surface area contributed by atoms with E-state index in [1.54, 1.807) is 9.80 Å². The SMILES string of the molecule is CC(C)(C)OC(=O)N1CCCC(N2CC(C(=O)O)CC2=O)C1. The second-order valence-electron chi connectivity index (χ2n) is 7.01. The average molecular weight is 312 g/mol. The maximum Gasteiger partial charge on any atom is 0.410 e. The Morgan fingerprint density at radius 3 is 2.50 bits per heavy atom. The van der Waals surface area contributed by atoms with Crippen LogP contribution < -0.4 is 0 Å². The second-order valence-corrected chi connectivity index (χ2v) is 7.01. The van der Waals surface area contributed by atoms with Gasteiger partial charge in [0.2, 0.25) is 5.91 Å². The van der Waals surface area contributed by atoms with E-state index in [0.29, 0.717) is 13.1 Å². The van der Waals surface area contributed by atoms with Crippen LogP contribution in [-0.4, -0.2) is 64.2 Å². The van der Waals surface area contributed by atoms with Crippen molar-refractivity contribution in [2.45, 2.75) is 51.7 Å². The Balaban J connectivity index is 1.97. The molecule has 1 N–H and O–H groups in total. The van der Waals surface area contributed by atoms with Gasteiger partial charge in [0.25, 0.3) is 0 Å². The number of ether oxygens (including phenoxy) is 1. The largest absolute Gasteiger partial charge is 0.481 e. The number of carboxylic acid groups (broad SMARTS) is 1. The molecular formula is C15H24N2O5. The van der Waals surface area contributed by atoms with Crippen molar-refractivity contribution in [2.24, 2.45) is 5.92 Å². The average Bonchev–Trinajstić information content (AvgIpc) is 2.79. The van der Waals surface area contributed by atoms with Gasteiger partial charge < -0.3 is 19.6 Å². The number of carbonyl (C=O) groups is 3. The van der Waals surface area contributed by atoms with E-state index in [4.69, 9.17) is 9.84 Å². The first kappa shape index (κ1) is 16.6. The van der Waals surface area contributed by atoms with Crippen LogP contribution in [0.2, 0.25) is 0 Å². The monoisotopic (exact) mass is 312 g/mol. The van der Waals surface area contributed by atoms with Gasteiger partial charge in [-0.2, -0.15) is 0 Å². The molecule has 2 amide bonds. The molecule has 0 aromatic rings. The summed E-state index contributed by atoms with van der Waals surface area (Å²) in [7, 11) is 0. The zero-order valence-corrected chi connectivity index (χ0v) is 13.4. The Labute approximate surface area is 130 Å². The molecule has 2 heterocycles. The molecule has 124 valence electrons. The fourth-order valence-corrected chi connectivity index (χ4v) is 2.95. The van der Waals surface area contributed by atoms with Crippen LogP contribution in [0, 0.1) is 5.92 Å². The minimum atomic E-state index is -0.935. The number of nitrogens with zero attached hydrogens (tertiary/aromatic N) is 2. The molecule has 0 aromatic heterocycles. The third kappa shape index (κ3) is 3.90. The van der Waals surface area contributed by atoms with Gasteiger partial charge >= 0.3 is 12.1 Å². The van der Waals surface area contributed by atoms with Crippen LogP contribution >= 0.6 is 0 Å². The highest BCUT2D eigenvalue weighted by atomic mass is 16.6. The van der Waals surface area contributed by atoms with Crippen molar-refractivity contribution >= 4 is 18.0 Å². The molecule has 0 saturated carbocycles. The summed E-state index contributed by atoms with van der Waals surface area (Å²) < 4.78 is 5.36. The first-order valence-corrected chi connectivity index (χ1v) is 7.67. The van der Waals surface area contributed by atoms with Crippen molar-refractivity contribution in [1.82, 2.24) is 9.80 Å². The number of aliphatic carboxylic acids is 1. The van der Waals surface area contributed by atoms with E-state index in [1.807, 2.05) is 20.8 Å². The van der Waals surface area contributed by atoms with Crippen molar-refractivity contribution in [3.05, 3.63) is 0 Å². The summed E-state index contributed by atoms with van der Waals surface area (Å²) >= 11 is 0. The minimum absolute atomic E-state index is 0.0538. The molecule has 2 aliphatic heterocycles. The van der Waals surface area contributed by atoms with Gasteiger partial charge in [-0.1, -0.05) is 0 Å². The molecule has 7 nitrogen and oxygen atoms in total. The summed E-state index contributed by atoms with van der Waals surface area (Å²) in [5, 5.41) is 9.05. The van der Waals surface area contributed by atoms with Crippen molar-refractivity contribution < 1.29 is 24.2 Å². The van der Waals surface area contributed by atoms with Crippen molar-refractivity contribution in [3.8, 4) is 0 Å². The first-order chi connectivity index (χ1) is 10.2. The molecule has 2 rings (SSSR count). The molecule has 2 fully saturated rings. The van der Waals surface area contributed by atoms with Gasteiger partial charge in [-0.05, 0) is 33.6 Å². The van der Waals surface area contributed by atoms with Gasteiger partial charge in [0.1, 0.15) is 5.60 Å². The molecule has 2 saturated heterocycles. The minimum Gasteiger partial charge on any atom is -0.481 e. The summed E-state index contributed by atoms with van der Waals surface area (Å²) in [6.07, 6.45) is 1.25. The molecule has 0 aromatic carbocycles. The smallest absolute Gasteiger partial charge is 0.410 e. The number of amides is 2. The Hall–Kier alpha value is -1.79. The number of hydrogen-bond donors (Lipinski definition) is 1. The normalized spacial score (nSPS) is 26.2. The summed E-state index contributed by atoms with van der Waals surface area (Å²) in [4.78, 5) is 38.4. The zero-order valence-electron chi connectivity index (χ0n) is 13.4. The lowest BCUT2D eigenvalue weighted by molar-refractivity contribution is -0.141. The highest BCUT2D eigenvalue weighted by molar-refractivity contribution is 5.86. The highest BCUT2D eigenvalue weighted by Crippen LogP contribution is 2.25. The second kappa shape index (κ2) is 6.14. The van der Waals surface area contributed by atoms with E-state index in [2.05, 4.69) is 0 Å². The molecule has 22 heavy (non-hydrogen) atoms. The number of rotatable bonds is 2. The predicted octanol–water partition coefficient (Wildman–Crippen LogP) is 1.32. The summed E-state index contributed by atoms with van der Waals surface area (Å²) in [5.41, 5.74) is -0.554. The predicted molar refractivity (Wildman–Crippen MR) is 78.3 cm³/mol. The number of likely N-dealkylation sites (tertiary alicyclic amines) is 2. The number of carbonyl (C=O) groups excluding carboxylic acids is 2. The van der Waals surface area contributed by atoms with Crippen LogP contribution in [0.15, 0.2) is 0 Å². The first-order valence-electron chi connectivity index (χ1n) is 7.67. The van der Waals surface area contributed by atoms with Crippen molar-refractivity contribution in [1.29, 1.82) is 0 Å². The van der Waals surface area contributed by atoms with Gasteiger partial charge in [-0.15, -0.1) is 0 Å². The topological polar surface area (TPSA) is 87.2 Å². The fraction of sp³-hybridized carbons (Fsp3) is 0.800. The van der Waals surface area contributed by atoms with Gasteiger partial charge in [0, 0.05) is 32.1 Å². The zero-order chi connectivity index (χ0) is 16.5. The van der Waals surface area contributed by atoms with Crippen LogP contribution in [0.4, 0.5) is 4.79 Å². The third-order valence-electron chi connectivity index (χ3n) is 4.00. The number of hydrogen-bond acceptors (Lipinski definition) is 4. The Morgan fingerprint density at radius 1 is 1.27 bits per heavy atom. The third-order valence-corrected chi connectivity index (χ3v) is 4.00. The standard InChI is InChI=1S/C15H24N2O5/c1-15(2,3)22-14(21)16-6-4-5-11(9-16)17-8-10(13(19)20)7-12(17)18/h10-11H,4-9H2,1-3H3,(H,19,20). The molecule has 2 aliphatic rings. The molecule has 7 heteroatoms. The van der Waals surface area contributed by atoms with Gasteiger partial charge in [-0.3, -0.25) is 9.59 Å². The molecule has 0 bridgehead atoms. The van der Waals surface area contributed by atoms with E-state index >= 15 is 0 Å². The van der Waals surface area contributed by atoms with Crippen molar-refractivity contribution in [2.75, 3.05) is 19.6 Å². The van der Waals surface area contributed by atoms with E-state index in [1.165, 1.54) is 0 Å².